The van der Waals surface area contributed by atoms with E-state index < -0.39 is 28.3 Å². The molecule has 2 N–H and O–H groups in total. The molecule has 2 aromatic rings. The molecule has 10 nitrogen and oxygen atoms in total. The van der Waals surface area contributed by atoms with E-state index in [2.05, 4.69) is 0 Å². The number of hydrogen-bond acceptors (Lipinski definition) is 7. The number of rotatable bonds is 5. The van der Waals surface area contributed by atoms with E-state index in [1.165, 1.54) is 36.4 Å². The van der Waals surface area contributed by atoms with Crippen LogP contribution in [0.3, 0.4) is 0 Å². The fraction of sp³-hybridized carbons (Fsp3) is 0.105. The Morgan fingerprint density at radius 2 is 2.00 bits per heavy atom. The molecule has 0 saturated carbocycles. The second kappa shape index (κ2) is 8.21. The van der Waals surface area contributed by atoms with Crippen LogP contribution < -0.4 is 15.0 Å². The molecule has 2 aromatic carbocycles. The van der Waals surface area contributed by atoms with Gasteiger partial charge in [-0.05, 0) is 36.8 Å². The van der Waals surface area contributed by atoms with Gasteiger partial charge in [-0.1, -0.05) is 17.7 Å². The molecule has 4 amide bonds. The van der Waals surface area contributed by atoms with Crippen molar-refractivity contribution in [1.29, 1.82) is 0 Å². The first-order valence-corrected chi connectivity index (χ1v) is 8.92. The van der Waals surface area contributed by atoms with Gasteiger partial charge in [-0.2, -0.15) is 0 Å². The number of carbonyl (C=O) groups excluding carboxylic acids is 3. The van der Waals surface area contributed by atoms with Crippen LogP contribution in [0.4, 0.5) is 16.2 Å². The van der Waals surface area contributed by atoms with Gasteiger partial charge >= 0.3 is 6.03 Å². The van der Waals surface area contributed by atoms with Gasteiger partial charge in [0, 0.05) is 12.1 Å². The van der Waals surface area contributed by atoms with Crippen molar-refractivity contribution >= 4 is 46.9 Å². The van der Waals surface area contributed by atoms with Gasteiger partial charge in [-0.3, -0.25) is 25.0 Å². The van der Waals surface area contributed by atoms with Gasteiger partial charge in [0.2, 0.25) is 0 Å². The number of halogens is 1. The average Bonchev–Trinajstić information content (AvgIpc) is 2.69. The molecule has 1 fully saturated rings. The Morgan fingerprint density at radius 3 is 2.67 bits per heavy atom. The molecule has 154 valence electrons. The third-order valence-electron chi connectivity index (χ3n) is 4.06. The van der Waals surface area contributed by atoms with Crippen LogP contribution in [-0.4, -0.2) is 34.5 Å². The van der Waals surface area contributed by atoms with Gasteiger partial charge in [0.25, 0.3) is 17.5 Å². The van der Waals surface area contributed by atoms with Gasteiger partial charge < -0.3 is 9.84 Å². The van der Waals surface area contributed by atoms with Crippen LogP contribution in [0, 0.1) is 10.1 Å². The van der Waals surface area contributed by atoms with Gasteiger partial charge in [-0.15, -0.1) is 0 Å². The first kappa shape index (κ1) is 20.8. The number of anilines is 1. The quantitative estimate of drug-likeness (QED) is 0.321. The zero-order chi connectivity index (χ0) is 22.0. The van der Waals surface area contributed by atoms with E-state index in [9.17, 15) is 29.6 Å². The fourth-order valence-corrected chi connectivity index (χ4v) is 2.97. The van der Waals surface area contributed by atoms with Crippen molar-refractivity contribution in [2.24, 2.45) is 0 Å². The topological polar surface area (TPSA) is 139 Å². The monoisotopic (exact) mass is 431 g/mol. The molecule has 0 unspecified atom stereocenters. The maximum absolute atomic E-state index is 12.9. The summed E-state index contributed by atoms with van der Waals surface area (Å²) in [5.41, 5.74) is -0.565. The van der Waals surface area contributed by atoms with Crippen molar-refractivity contribution in [3.05, 3.63) is 62.7 Å². The van der Waals surface area contributed by atoms with Crippen molar-refractivity contribution in [2.75, 3.05) is 11.5 Å². The van der Waals surface area contributed by atoms with Crippen molar-refractivity contribution in [1.82, 2.24) is 5.32 Å². The number of nitro benzene ring substituents is 1. The minimum absolute atomic E-state index is 0.0483. The third kappa shape index (κ3) is 3.94. The first-order chi connectivity index (χ1) is 14.2. The SMILES string of the molecule is CCOc1cc(/C=C2\C(=O)NC(=O)N(c3cccc([N+](=O)[O-])c3)C2=O)cc(Cl)c1O. The predicted molar refractivity (Wildman–Crippen MR) is 106 cm³/mol. The molecule has 11 heteroatoms. The summed E-state index contributed by atoms with van der Waals surface area (Å²) in [7, 11) is 0. The highest BCUT2D eigenvalue weighted by Crippen LogP contribution is 2.36. The second-order valence-electron chi connectivity index (χ2n) is 6.02. The lowest BCUT2D eigenvalue weighted by Gasteiger charge is -2.26. The number of phenolic OH excluding ortho intramolecular Hbond substituents is 1. The highest BCUT2D eigenvalue weighted by atomic mass is 35.5. The number of aromatic hydroxyl groups is 1. The maximum atomic E-state index is 12.9. The summed E-state index contributed by atoms with van der Waals surface area (Å²) >= 11 is 5.97. The lowest BCUT2D eigenvalue weighted by molar-refractivity contribution is -0.384. The lowest BCUT2D eigenvalue weighted by Crippen LogP contribution is -2.54. The Labute approximate surface area is 174 Å². The van der Waals surface area contributed by atoms with E-state index in [4.69, 9.17) is 16.3 Å². The highest BCUT2D eigenvalue weighted by molar-refractivity contribution is 6.39. The number of barbiturate groups is 1. The van der Waals surface area contributed by atoms with Crippen LogP contribution in [0.1, 0.15) is 12.5 Å². The predicted octanol–water partition coefficient (Wildman–Crippen LogP) is 3.02. The molecule has 0 aliphatic carbocycles. The minimum Gasteiger partial charge on any atom is -0.503 e. The van der Waals surface area contributed by atoms with Gasteiger partial charge in [-0.25, -0.2) is 9.69 Å². The summed E-state index contributed by atoms with van der Waals surface area (Å²) in [4.78, 5) is 48.3. The van der Waals surface area contributed by atoms with Crippen molar-refractivity contribution in [3.8, 4) is 11.5 Å². The molecule has 0 bridgehead atoms. The molecular formula is C19H14ClN3O7. The number of hydrogen-bond donors (Lipinski definition) is 2. The number of nitro groups is 1. The lowest BCUT2D eigenvalue weighted by atomic mass is 10.1. The number of benzene rings is 2. The Kier molecular flexibility index (Phi) is 5.70. The minimum atomic E-state index is -1.04. The van der Waals surface area contributed by atoms with E-state index in [1.54, 1.807) is 6.92 Å². The van der Waals surface area contributed by atoms with Gasteiger partial charge in [0.1, 0.15) is 5.57 Å². The van der Waals surface area contributed by atoms with E-state index in [-0.39, 0.29) is 40.1 Å². The number of ether oxygens (including phenoxy) is 1. The van der Waals surface area contributed by atoms with E-state index in [0.717, 1.165) is 6.07 Å². The van der Waals surface area contributed by atoms with Crippen molar-refractivity contribution in [2.45, 2.75) is 6.92 Å². The molecule has 0 radical (unpaired) electrons. The third-order valence-corrected chi connectivity index (χ3v) is 4.35. The summed E-state index contributed by atoms with van der Waals surface area (Å²) in [6, 6.07) is 6.50. The maximum Gasteiger partial charge on any atom is 0.335 e. The van der Waals surface area contributed by atoms with Gasteiger partial charge in [0.05, 0.1) is 22.2 Å². The van der Waals surface area contributed by atoms with Crippen LogP contribution in [0.25, 0.3) is 6.08 Å². The number of urea groups is 1. The van der Waals surface area contributed by atoms with Crippen LogP contribution in [0.2, 0.25) is 5.02 Å². The molecule has 0 spiro atoms. The van der Waals surface area contributed by atoms with Crippen LogP contribution in [0.15, 0.2) is 42.0 Å². The number of nitrogens with one attached hydrogen (secondary N) is 1. The molecular weight excluding hydrogens is 418 g/mol. The molecule has 1 heterocycles. The number of amides is 4. The summed E-state index contributed by atoms with van der Waals surface area (Å²) in [5, 5.41) is 22.9. The number of imide groups is 2. The van der Waals surface area contributed by atoms with Crippen LogP contribution >= 0.6 is 11.6 Å². The molecule has 3 rings (SSSR count). The number of non-ortho nitro benzene ring substituents is 1. The van der Waals surface area contributed by atoms with Crippen LogP contribution in [0.5, 0.6) is 11.5 Å². The number of phenols is 1. The second-order valence-corrected chi connectivity index (χ2v) is 6.42. The normalized spacial score (nSPS) is 15.3. The zero-order valence-corrected chi connectivity index (χ0v) is 16.2. The number of carbonyl (C=O) groups is 3. The smallest absolute Gasteiger partial charge is 0.335 e. The fourth-order valence-electron chi connectivity index (χ4n) is 2.75. The molecule has 1 saturated heterocycles. The number of nitrogens with zero attached hydrogens (tertiary/aromatic N) is 2. The molecule has 30 heavy (non-hydrogen) atoms. The van der Waals surface area contributed by atoms with Crippen molar-refractivity contribution < 1.29 is 29.2 Å². The largest absolute Gasteiger partial charge is 0.503 e. The Hall–Kier alpha value is -3.92. The summed E-state index contributed by atoms with van der Waals surface area (Å²) in [6.07, 6.45) is 1.17. The standard InChI is InChI=1S/C19H14ClN3O7/c1-2-30-15-8-10(7-14(20)16(15)24)6-13-17(25)21-19(27)22(18(13)26)11-4-3-5-12(9-11)23(28)29/h3-9,24H,2H2,1H3,(H,21,25,27)/b13-6+. The molecule has 0 atom stereocenters. The molecule has 0 aromatic heterocycles. The summed E-state index contributed by atoms with van der Waals surface area (Å²) in [5.74, 6) is -2.18. The van der Waals surface area contributed by atoms with E-state index in [0.29, 0.717) is 4.90 Å². The molecule has 1 aliphatic rings. The van der Waals surface area contributed by atoms with E-state index >= 15 is 0 Å². The van der Waals surface area contributed by atoms with Crippen LogP contribution in [-0.2, 0) is 9.59 Å². The first-order valence-electron chi connectivity index (χ1n) is 8.54. The van der Waals surface area contributed by atoms with Gasteiger partial charge in [0.15, 0.2) is 11.5 Å². The van der Waals surface area contributed by atoms with Crippen molar-refractivity contribution in [3.63, 3.8) is 0 Å². The molecule has 1 aliphatic heterocycles. The Morgan fingerprint density at radius 1 is 1.27 bits per heavy atom. The Balaban J connectivity index is 2.05. The zero-order valence-electron chi connectivity index (χ0n) is 15.4. The Bertz CT molecular complexity index is 1110. The summed E-state index contributed by atoms with van der Waals surface area (Å²) in [6.45, 7) is 1.93. The summed E-state index contributed by atoms with van der Waals surface area (Å²) < 4.78 is 5.27. The highest BCUT2D eigenvalue weighted by Gasteiger charge is 2.37. The van der Waals surface area contributed by atoms with E-state index in [1.807, 2.05) is 5.32 Å². The average molecular weight is 432 g/mol.